The minimum atomic E-state index is -0.774. The van der Waals surface area contributed by atoms with Gasteiger partial charge in [0.15, 0.2) is 0 Å². The van der Waals surface area contributed by atoms with Crippen LogP contribution in [0, 0.1) is 5.92 Å². The number of aliphatic hydroxyl groups is 1. The highest BCUT2D eigenvalue weighted by Crippen LogP contribution is 2.30. The Morgan fingerprint density at radius 1 is 1.41 bits per heavy atom. The molecule has 1 aromatic carbocycles. The van der Waals surface area contributed by atoms with Gasteiger partial charge in [-0.1, -0.05) is 36.2 Å². The highest BCUT2D eigenvalue weighted by molar-refractivity contribution is 6.42. The van der Waals surface area contributed by atoms with E-state index >= 15 is 0 Å². The summed E-state index contributed by atoms with van der Waals surface area (Å²) in [4.78, 5) is 11.1. The molecule has 0 aromatic heterocycles. The summed E-state index contributed by atoms with van der Waals surface area (Å²) in [5, 5.41) is 10.9. The molecular weight excluding hydrogens is 263 g/mol. The Labute approximate surface area is 110 Å². The third kappa shape index (κ3) is 3.87. The number of rotatable bonds is 4. The molecule has 0 radical (unpaired) electrons. The van der Waals surface area contributed by atoms with Crippen LogP contribution in [0.25, 0.3) is 0 Å². The first-order chi connectivity index (χ1) is 7.95. The number of esters is 1. The topological polar surface area (TPSA) is 46.5 Å². The maximum atomic E-state index is 11.1. The fourth-order valence-electron chi connectivity index (χ4n) is 1.48. The first-order valence-corrected chi connectivity index (χ1v) is 5.91. The Hall–Kier alpha value is -0.770. The van der Waals surface area contributed by atoms with E-state index in [0.717, 1.165) is 0 Å². The van der Waals surface area contributed by atoms with E-state index in [4.69, 9.17) is 23.2 Å². The van der Waals surface area contributed by atoms with Crippen molar-refractivity contribution in [1.82, 2.24) is 0 Å². The van der Waals surface area contributed by atoms with Crippen molar-refractivity contribution < 1.29 is 14.6 Å². The zero-order valence-electron chi connectivity index (χ0n) is 9.61. The number of benzene rings is 1. The van der Waals surface area contributed by atoms with Crippen LogP contribution in [-0.2, 0) is 9.53 Å². The van der Waals surface area contributed by atoms with Crippen molar-refractivity contribution >= 4 is 29.2 Å². The predicted molar refractivity (Wildman–Crippen MR) is 67.2 cm³/mol. The van der Waals surface area contributed by atoms with E-state index in [9.17, 15) is 9.90 Å². The third-order valence-electron chi connectivity index (χ3n) is 2.54. The second-order valence-corrected chi connectivity index (χ2v) is 4.69. The highest BCUT2D eigenvalue weighted by Gasteiger charge is 2.20. The van der Waals surface area contributed by atoms with Crippen molar-refractivity contribution in [3.63, 3.8) is 0 Å². The van der Waals surface area contributed by atoms with E-state index in [0.29, 0.717) is 15.6 Å². The van der Waals surface area contributed by atoms with Crippen molar-refractivity contribution in [2.75, 3.05) is 7.11 Å². The van der Waals surface area contributed by atoms with Gasteiger partial charge in [0.2, 0.25) is 0 Å². The van der Waals surface area contributed by atoms with Crippen LogP contribution in [0.5, 0.6) is 0 Å². The van der Waals surface area contributed by atoms with Gasteiger partial charge >= 0.3 is 5.97 Å². The Bertz CT molecular complexity index is 407. The van der Waals surface area contributed by atoms with E-state index in [2.05, 4.69) is 4.74 Å². The SMILES string of the molecule is COC(=O)CC(C)C(O)c1ccc(Cl)c(Cl)c1. The Balaban J connectivity index is 2.77. The first kappa shape index (κ1) is 14.3. The van der Waals surface area contributed by atoms with E-state index in [-0.39, 0.29) is 18.3 Å². The molecule has 0 heterocycles. The van der Waals surface area contributed by atoms with Gasteiger partial charge in [0.05, 0.1) is 29.7 Å². The summed E-state index contributed by atoms with van der Waals surface area (Å²) < 4.78 is 4.55. The van der Waals surface area contributed by atoms with Crippen LogP contribution in [0.3, 0.4) is 0 Å². The van der Waals surface area contributed by atoms with Crippen LogP contribution < -0.4 is 0 Å². The maximum Gasteiger partial charge on any atom is 0.305 e. The molecule has 1 rings (SSSR count). The highest BCUT2D eigenvalue weighted by atomic mass is 35.5. The number of carbonyl (C=O) groups is 1. The number of aliphatic hydroxyl groups excluding tert-OH is 1. The van der Waals surface area contributed by atoms with Gasteiger partial charge in [-0.25, -0.2) is 0 Å². The lowest BCUT2D eigenvalue weighted by Gasteiger charge is -2.18. The summed E-state index contributed by atoms with van der Waals surface area (Å²) in [7, 11) is 1.32. The summed E-state index contributed by atoms with van der Waals surface area (Å²) in [6.45, 7) is 1.77. The Kier molecular flexibility index (Phi) is 5.25. The minimum Gasteiger partial charge on any atom is -0.469 e. The molecule has 3 nitrogen and oxygen atoms in total. The molecule has 0 spiro atoms. The quantitative estimate of drug-likeness (QED) is 0.859. The zero-order chi connectivity index (χ0) is 13.0. The number of halogens is 2. The molecule has 2 unspecified atom stereocenters. The summed E-state index contributed by atoms with van der Waals surface area (Å²) >= 11 is 11.6. The van der Waals surface area contributed by atoms with Gasteiger partial charge in [-0.2, -0.15) is 0 Å². The molecule has 1 aromatic rings. The van der Waals surface area contributed by atoms with Gasteiger partial charge in [-0.15, -0.1) is 0 Å². The number of ether oxygens (including phenoxy) is 1. The molecule has 0 bridgehead atoms. The molecule has 94 valence electrons. The summed E-state index contributed by atoms with van der Waals surface area (Å²) in [6, 6.07) is 4.91. The molecular formula is C12H14Cl2O3. The number of methoxy groups -OCH3 is 1. The molecule has 17 heavy (non-hydrogen) atoms. The molecule has 0 saturated carbocycles. The Morgan fingerprint density at radius 2 is 2.06 bits per heavy atom. The molecule has 5 heteroatoms. The second-order valence-electron chi connectivity index (χ2n) is 3.88. The van der Waals surface area contributed by atoms with Crippen LogP contribution in [0.1, 0.15) is 25.0 Å². The van der Waals surface area contributed by atoms with Crippen LogP contribution in [0.2, 0.25) is 10.0 Å². The van der Waals surface area contributed by atoms with Gasteiger partial charge in [0.1, 0.15) is 0 Å². The lowest BCUT2D eigenvalue weighted by Crippen LogP contribution is -2.14. The largest absolute Gasteiger partial charge is 0.469 e. The zero-order valence-corrected chi connectivity index (χ0v) is 11.1. The van der Waals surface area contributed by atoms with Gasteiger partial charge in [0.25, 0.3) is 0 Å². The molecule has 0 amide bonds. The first-order valence-electron chi connectivity index (χ1n) is 5.15. The van der Waals surface area contributed by atoms with Crippen LogP contribution >= 0.6 is 23.2 Å². The lowest BCUT2D eigenvalue weighted by molar-refractivity contribution is -0.142. The van der Waals surface area contributed by atoms with Crippen molar-refractivity contribution in [2.45, 2.75) is 19.4 Å². The molecule has 0 aliphatic carbocycles. The van der Waals surface area contributed by atoms with E-state index < -0.39 is 6.10 Å². The van der Waals surface area contributed by atoms with E-state index in [1.807, 2.05) is 0 Å². The molecule has 0 fully saturated rings. The summed E-state index contributed by atoms with van der Waals surface area (Å²) in [5.41, 5.74) is 0.635. The Morgan fingerprint density at radius 3 is 2.59 bits per heavy atom. The maximum absolute atomic E-state index is 11.1. The van der Waals surface area contributed by atoms with Crippen LogP contribution in [0.15, 0.2) is 18.2 Å². The number of carbonyl (C=O) groups excluding carboxylic acids is 1. The minimum absolute atomic E-state index is 0.151. The molecule has 1 N–H and O–H groups in total. The summed E-state index contributed by atoms with van der Waals surface area (Å²) in [5.74, 6) is -0.601. The smallest absolute Gasteiger partial charge is 0.305 e. The third-order valence-corrected chi connectivity index (χ3v) is 3.28. The second kappa shape index (κ2) is 6.24. The average molecular weight is 277 g/mol. The number of hydrogen-bond acceptors (Lipinski definition) is 3. The van der Waals surface area contributed by atoms with Gasteiger partial charge in [-0.05, 0) is 23.6 Å². The van der Waals surface area contributed by atoms with Gasteiger partial charge < -0.3 is 9.84 Å². The molecule has 0 aliphatic heterocycles. The van der Waals surface area contributed by atoms with E-state index in [1.165, 1.54) is 7.11 Å². The van der Waals surface area contributed by atoms with E-state index in [1.54, 1.807) is 25.1 Å². The molecule has 2 atom stereocenters. The van der Waals surface area contributed by atoms with Gasteiger partial charge in [-0.3, -0.25) is 4.79 Å². The predicted octanol–water partition coefficient (Wildman–Crippen LogP) is 3.23. The van der Waals surface area contributed by atoms with Crippen molar-refractivity contribution in [1.29, 1.82) is 0 Å². The van der Waals surface area contributed by atoms with Crippen LogP contribution in [0.4, 0.5) is 0 Å². The molecule has 0 saturated heterocycles. The molecule has 0 aliphatic rings. The summed E-state index contributed by atoms with van der Waals surface area (Å²) in [6.07, 6.45) is -0.623. The standard InChI is InChI=1S/C12H14Cl2O3/c1-7(5-11(15)17-2)12(16)8-3-4-9(13)10(14)6-8/h3-4,6-7,12,16H,5H2,1-2H3. The fourth-order valence-corrected chi connectivity index (χ4v) is 1.79. The van der Waals surface area contributed by atoms with Crippen molar-refractivity contribution in [3.05, 3.63) is 33.8 Å². The van der Waals surface area contributed by atoms with Crippen molar-refractivity contribution in [3.8, 4) is 0 Å². The average Bonchev–Trinajstić information content (AvgIpc) is 2.31. The number of hydrogen-bond donors (Lipinski definition) is 1. The van der Waals surface area contributed by atoms with Crippen molar-refractivity contribution in [2.24, 2.45) is 5.92 Å². The van der Waals surface area contributed by atoms with Crippen LogP contribution in [-0.4, -0.2) is 18.2 Å². The monoisotopic (exact) mass is 276 g/mol. The normalized spacial score (nSPS) is 14.2. The van der Waals surface area contributed by atoms with Gasteiger partial charge in [0, 0.05) is 0 Å². The fraction of sp³-hybridized carbons (Fsp3) is 0.417. The lowest BCUT2D eigenvalue weighted by atomic mass is 9.95.